The standard InChI is InChI=1S/C11H21NO3/c1-9(13)15-10(2,3)8-11(14)4-6-12-7-5-11/h12,14H,4-8H2,1-3H3. The Morgan fingerprint density at radius 2 is 2.00 bits per heavy atom. The van der Waals surface area contributed by atoms with Gasteiger partial charge in [0.15, 0.2) is 0 Å². The van der Waals surface area contributed by atoms with Crippen molar-refractivity contribution in [1.82, 2.24) is 5.32 Å². The van der Waals surface area contributed by atoms with Crippen LogP contribution in [0.1, 0.15) is 40.0 Å². The minimum atomic E-state index is -0.690. The lowest BCUT2D eigenvalue weighted by molar-refractivity contribution is -0.160. The van der Waals surface area contributed by atoms with Crippen LogP contribution in [0.4, 0.5) is 0 Å². The quantitative estimate of drug-likeness (QED) is 0.685. The van der Waals surface area contributed by atoms with Gasteiger partial charge in [-0.25, -0.2) is 0 Å². The van der Waals surface area contributed by atoms with Gasteiger partial charge >= 0.3 is 5.97 Å². The summed E-state index contributed by atoms with van der Waals surface area (Å²) >= 11 is 0. The highest BCUT2D eigenvalue weighted by atomic mass is 16.6. The number of aliphatic hydroxyl groups is 1. The van der Waals surface area contributed by atoms with Crippen LogP contribution in [0, 0.1) is 0 Å². The maximum atomic E-state index is 10.9. The molecule has 0 saturated carbocycles. The second-order valence-corrected chi connectivity index (χ2v) is 5.00. The number of nitrogens with one attached hydrogen (secondary N) is 1. The summed E-state index contributed by atoms with van der Waals surface area (Å²) in [5.41, 5.74) is -1.28. The molecule has 0 radical (unpaired) electrons. The van der Waals surface area contributed by atoms with Gasteiger partial charge in [0.1, 0.15) is 5.60 Å². The van der Waals surface area contributed by atoms with Gasteiger partial charge in [0.2, 0.25) is 0 Å². The number of carbonyl (C=O) groups is 1. The van der Waals surface area contributed by atoms with E-state index in [2.05, 4.69) is 5.32 Å². The van der Waals surface area contributed by atoms with Gasteiger partial charge in [-0.1, -0.05) is 0 Å². The summed E-state index contributed by atoms with van der Waals surface area (Å²) in [4.78, 5) is 10.9. The molecular formula is C11H21NO3. The molecule has 1 aliphatic heterocycles. The van der Waals surface area contributed by atoms with Crippen molar-refractivity contribution in [2.45, 2.75) is 51.2 Å². The molecule has 0 unspecified atom stereocenters. The smallest absolute Gasteiger partial charge is 0.303 e. The molecule has 0 aromatic heterocycles. The highest BCUT2D eigenvalue weighted by Gasteiger charge is 2.37. The zero-order chi connectivity index (χ0) is 11.5. The Morgan fingerprint density at radius 1 is 1.47 bits per heavy atom. The van der Waals surface area contributed by atoms with Gasteiger partial charge in [-0.05, 0) is 39.8 Å². The van der Waals surface area contributed by atoms with E-state index < -0.39 is 11.2 Å². The molecule has 0 amide bonds. The minimum Gasteiger partial charge on any atom is -0.460 e. The number of carbonyl (C=O) groups excluding carboxylic acids is 1. The van der Waals surface area contributed by atoms with E-state index in [1.165, 1.54) is 6.92 Å². The number of piperidine rings is 1. The number of esters is 1. The van der Waals surface area contributed by atoms with Crippen LogP contribution in [0.3, 0.4) is 0 Å². The van der Waals surface area contributed by atoms with Crippen molar-refractivity contribution in [3.8, 4) is 0 Å². The Hall–Kier alpha value is -0.610. The van der Waals surface area contributed by atoms with E-state index >= 15 is 0 Å². The molecule has 1 fully saturated rings. The molecule has 1 aliphatic rings. The first kappa shape index (κ1) is 12.5. The first-order valence-electron chi connectivity index (χ1n) is 5.46. The van der Waals surface area contributed by atoms with Gasteiger partial charge in [0, 0.05) is 13.3 Å². The van der Waals surface area contributed by atoms with Gasteiger partial charge in [0.25, 0.3) is 0 Å². The fourth-order valence-electron chi connectivity index (χ4n) is 2.29. The molecule has 4 heteroatoms. The van der Waals surface area contributed by atoms with Crippen molar-refractivity contribution < 1.29 is 14.6 Å². The van der Waals surface area contributed by atoms with Crippen LogP contribution in [-0.4, -0.2) is 35.4 Å². The maximum Gasteiger partial charge on any atom is 0.303 e. The molecular weight excluding hydrogens is 194 g/mol. The van der Waals surface area contributed by atoms with E-state index in [4.69, 9.17) is 4.74 Å². The molecule has 0 bridgehead atoms. The van der Waals surface area contributed by atoms with Gasteiger partial charge in [-0.15, -0.1) is 0 Å². The maximum absolute atomic E-state index is 10.9. The van der Waals surface area contributed by atoms with E-state index in [1.807, 2.05) is 13.8 Å². The van der Waals surface area contributed by atoms with Crippen LogP contribution < -0.4 is 5.32 Å². The Kier molecular flexibility index (Phi) is 3.73. The van der Waals surface area contributed by atoms with Gasteiger partial charge < -0.3 is 15.2 Å². The van der Waals surface area contributed by atoms with Crippen LogP contribution in [-0.2, 0) is 9.53 Å². The average Bonchev–Trinajstić information content (AvgIpc) is 1.99. The molecule has 4 nitrogen and oxygen atoms in total. The summed E-state index contributed by atoms with van der Waals surface area (Å²) in [6, 6.07) is 0. The Balaban J connectivity index is 2.54. The van der Waals surface area contributed by atoms with E-state index in [-0.39, 0.29) is 5.97 Å². The zero-order valence-corrected chi connectivity index (χ0v) is 9.80. The van der Waals surface area contributed by atoms with Crippen molar-refractivity contribution in [3.63, 3.8) is 0 Å². The Labute approximate surface area is 91.0 Å². The largest absolute Gasteiger partial charge is 0.460 e. The zero-order valence-electron chi connectivity index (χ0n) is 9.80. The van der Waals surface area contributed by atoms with Crippen molar-refractivity contribution in [2.24, 2.45) is 0 Å². The lowest BCUT2D eigenvalue weighted by atomic mass is 9.82. The molecule has 1 rings (SSSR count). The molecule has 2 N–H and O–H groups in total. The summed E-state index contributed by atoms with van der Waals surface area (Å²) < 4.78 is 5.19. The van der Waals surface area contributed by atoms with Crippen molar-refractivity contribution >= 4 is 5.97 Å². The third kappa shape index (κ3) is 4.18. The van der Waals surface area contributed by atoms with Gasteiger partial charge in [0.05, 0.1) is 5.60 Å². The number of hydrogen-bond donors (Lipinski definition) is 2. The lowest BCUT2D eigenvalue weighted by Gasteiger charge is -2.38. The molecule has 0 spiro atoms. The topological polar surface area (TPSA) is 58.6 Å². The van der Waals surface area contributed by atoms with Crippen LogP contribution in [0.2, 0.25) is 0 Å². The second kappa shape index (κ2) is 4.49. The monoisotopic (exact) mass is 215 g/mol. The summed E-state index contributed by atoms with van der Waals surface area (Å²) in [6.45, 7) is 6.73. The highest BCUT2D eigenvalue weighted by Crippen LogP contribution is 2.30. The SMILES string of the molecule is CC(=O)OC(C)(C)CC1(O)CCNCC1. The fraction of sp³-hybridized carbons (Fsp3) is 0.909. The Bertz CT molecular complexity index is 232. The first-order chi connectivity index (χ1) is 6.83. The van der Waals surface area contributed by atoms with Crippen LogP contribution in [0.15, 0.2) is 0 Å². The summed E-state index contributed by atoms with van der Waals surface area (Å²) in [5.74, 6) is -0.294. The fourth-order valence-corrected chi connectivity index (χ4v) is 2.29. The second-order valence-electron chi connectivity index (χ2n) is 5.00. The van der Waals surface area contributed by atoms with Crippen molar-refractivity contribution in [3.05, 3.63) is 0 Å². The number of rotatable bonds is 3. The van der Waals surface area contributed by atoms with E-state index in [9.17, 15) is 9.90 Å². The molecule has 0 aromatic carbocycles. The molecule has 0 atom stereocenters. The molecule has 88 valence electrons. The van der Waals surface area contributed by atoms with Crippen molar-refractivity contribution in [2.75, 3.05) is 13.1 Å². The first-order valence-corrected chi connectivity index (χ1v) is 5.46. The summed E-state index contributed by atoms with van der Waals surface area (Å²) in [5, 5.41) is 13.5. The van der Waals surface area contributed by atoms with Gasteiger partial charge in [-0.2, -0.15) is 0 Å². The van der Waals surface area contributed by atoms with Crippen molar-refractivity contribution in [1.29, 1.82) is 0 Å². The van der Waals surface area contributed by atoms with E-state index in [0.717, 1.165) is 25.9 Å². The number of hydrogen-bond acceptors (Lipinski definition) is 4. The van der Waals surface area contributed by atoms with Crippen LogP contribution in [0.25, 0.3) is 0 Å². The van der Waals surface area contributed by atoms with Gasteiger partial charge in [-0.3, -0.25) is 4.79 Å². The minimum absolute atomic E-state index is 0.294. The molecule has 1 saturated heterocycles. The predicted molar refractivity (Wildman–Crippen MR) is 57.5 cm³/mol. The summed E-state index contributed by atoms with van der Waals surface area (Å²) in [6.07, 6.45) is 1.94. The Morgan fingerprint density at radius 3 is 2.47 bits per heavy atom. The normalized spacial score (nSPS) is 21.1. The number of ether oxygens (including phenoxy) is 1. The molecule has 1 heterocycles. The average molecular weight is 215 g/mol. The van der Waals surface area contributed by atoms with Crippen LogP contribution >= 0.6 is 0 Å². The molecule has 0 aromatic rings. The molecule has 15 heavy (non-hydrogen) atoms. The summed E-state index contributed by atoms with van der Waals surface area (Å²) in [7, 11) is 0. The highest BCUT2D eigenvalue weighted by molar-refractivity contribution is 5.66. The third-order valence-corrected chi connectivity index (χ3v) is 2.71. The lowest BCUT2D eigenvalue weighted by Crippen LogP contribution is -2.47. The van der Waals surface area contributed by atoms with Crippen LogP contribution in [0.5, 0.6) is 0 Å². The molecule has 0 aliphatic carbocycles. The van der Waals surface area contributed by atoms with E-state index in [1.54, 1.807) is 0 Å². The van der Waals surface area contributed by atoms with E-state index in [0.29, 0.717) is 6.42 Å². The third-order valence-electron chi connectivity index (χ3n) is 2.71. The predicted octanol–water partition coefficient (Wildman–Crippen LogP) is 0.833.